The predicted molar refractivity (Wildman–Crippen MR) is 115 cm³/mol. The number of hydrogen-bond acceptors (Lipinski definition) is 6. The maximum Gasteiger partial charge on any atom is 0.205 e. The molecule has 0 saturated carbocycles. The molecule has 1 aromatic carbocycles. The van der Waals surface area contributed by atoms with Crippen LogP contribution in [0.1, 0.15) is 18.3 Å². The molecule has 0 bridgehead atoms. The molecule has 3 heterocycles. The summed E-state index contributed by atoms with van der Waals surface area (Å²) in [6.07, 6.45) is 2.75. The number of hydrogen-bond donors (Lipinski definition) is 1. The van der Waals surface area contributed by atoms with Crippen molar-refractivity contribution in [1.29, 1.82) is 0 Å². The van der Waals surface area contributed by atoms with E-state index in [2.05, 4.69) is 59.6 Å². The van der Waals surface area contributed by atoms with Gasteiger partial charge in [0.1, 0.15) is 5.82 Å². The molecule has 1 fully saturated rings. The molecule has 0 atom stereocenters. The number of aliphatic imine (C=N–C) groups is 1. The molecule has 1 aliphatic heterocycles. The van der Waals surface area contributed by atoms with E-state index in [-0.39, 0.29) is 0 Å². The maximum absolute atomic E-state index is 4.61. The van der Waals surface area contributed by atoms with Gasteiger partial charge in [0.25, 0.3) is 0 Å². The summed E-state index contributed by atoms with van der Waals surface area (Å²) in [4.78, 5) is 18.2. The van der Waals surface area contributed by atoms with Crippen LogP contribution >= 0.6 is 11.5 Å². The molecule has 0 radical (unpaired) electrons. The molecule has 8 heteroatoms. The number of anilines is 1. The van der Waals surface area contributed by atoms with Crippen LogP contribution < -0.4 is 10.2 Å². The Morgan fingerprint density at radius 2 is 2.00 bits per heavy atom. The first-order valence-electron chi connectivity index (χ1n) is 9.64. The van der Waals surface area contributed by atoms with Crippen LogP contribution in [-0.2, 0) is 13.0 Å². The summed E-state index contributed by atoms with van der Waals surface area (Å²) >= 11 is 1.50. The first kappa shape index (κ1) is 18.6. The van der Waals surface area contributed by atoms with Crippen LogP contribution in [0.2, 0.25) is 0 Å². The third-order valence-electron chi connectivity index (χ3n) is 5.01. The molecule has 3 aromatic rings. The molecule has 1 saturated heterocycles. The van der Waals surface area contributed by atoms with Crippen molar-refractivity contribution < 1.29 is 0 Å². The monoisotopic (exact) mass is 395 g/mol. The fourth-order valence-electron chi connectivity index (χ4n) is 3.44. The maximum atomic E-state index is 4.61. The van der Waals surface area contributed by atoms with E-state index in [1.807, 2.05) is 25.4 Å². The van der Waals surface area contributed by atoms with Gasteiger partial charge in [-0.1, -0.05) is 25.1 Å². The Hall–Kier alpha value is -2.74. The minimum absolute atomic E-state index is 0.728. The van der Waals surface area contributed by atoms with E-state index in [9.17, 15) is 0 Å². The van der Waals surface area contributed by atoms with Gasteiger partial charge in [0, 0.05) is 69.3 Å². The number of nitrogens with zero attached hydrogens (tertiary/aromatic N) is 6. The predicted octanol–water partition coefficient (Wildman–Crippen LogP) is 2.55. The van der Waals surface area contributed by atoms with Gasteiger partial charge in [0.05, 0.1) is 5.52 Å². The number of benzene rings is 1. The minimum Gasteiger partial charge on any atom is -0.352 e. The first-order chi connectivity index (χ1) is 13.8. The number of piperazine rings is 1. The third kappa shape index (κ3) is 3.91. The first-order valence-corrected chi connectivity index (χ1v) is 10.4. The van der Waals surface area contributed by atoms with Crippen LogP contribution in [0.15, 0.2) is 41.5 Å². The lowest BCUT2D eigenvalue weighted by Crippen LogP contribution is -2.52. The van der Waals surface area contributed by atoms with Crippen LogP contribution in [0, 0.1) is 0 Å². The molecule has 146 valence electrons. The molecule has 1 aliphatic rings. The number of aromatic nitrogens is 3. The summed E-state index contributed by atoms with van der Waals surface area (Å²) < 4.78 is 4.40. The Labute approximate surface area is 169 Å². The summed E-state index contributed by atoms with van der Waals surface area (Å²) in [5.74, 6) is 1.87. The van der Waals surface area contributed by atoms with Crippen LogP contribution in [0.25, 0.3) is 10.9 Å². The number of fused-ring (bicyclic) bond motifs is 1. The van der Waals surface area contributed by atoms with Gasteiger partial charge in [0.15, 0.2) is 5.96 Å². The lowest BCUT2D eigenvalue weighted by molar-refractivity contribution is 0.372. The SMILES string of the molecule is CCc1nsc(N2CCN(C(=NC)NCc3ccnc4ccccc34)CC2)n1. The number of aryl methyl sites for hydroxylation is 1. The summed E-state index contributed by atoms with van der Waals surface area (Å²) in [6, 6.07) is 10.3. The van der Waals surface area contributed by atoms with Gasteiger partial charge in [-0.15, -0.1) is 0 Å². The van der Waals surface area contributed by atoms with Crippen molar-refractivity contribution in [3.05, 3.63) is 47.9 Å². The molecule has 28 heavy (non-hydrogen) atoms. The third-order valence-corrected chi connectivity index (χ3v) is 5.83. The zero-order valence-electron chi connectivity index (χ0n) is 16.3. The number of rotatable bonds is 4. The van der Waals surface area contributed by atoms with E-state index >= 15 is 0 Å². The fraction of sp³-hybridized carbons (Fsp3) is 0.400. The molecular weight excluding hydrogens is 370 g/mol. The highest BCUT2D eigenvalue weighted by atomic mass is 32.1. The van der Waals surface area contributed by atoms with Gasteiger partial charge in [-0.3, -0.25) is 9.98 Å². The van der Waals surface area contributed by atoms with E-state index < -0.39 is 0 Å². The lowest BCUT2D eigenvalue weighted by atomic mass is 10.1. The molecule has 7 nitrogen and oxygen atoms in total. The molecule has 1 N–H and O–H groups in total. The topological polar surface area (TPSA) is 69.5 Å². The second kappa shape index (κ2) is 8.52. The highest BCUT2D eigenvalue weighted by molar-refractivity contribution is 7.09. The van der Waals surface area contributed by atoms with Crippen LogP contribution in [0.5, 0.6) is 0 Å². The highest BCUT2D eigenvalue weighted by Gasteiger charge is 2.22. The van der Waals surface area contributed by atoms with E-state index in [1.165, 1.54) is 22.5 Å². The molecule has 0 spiro atoms. The Morgan fingerprint density at radius 1 is 1.18 bits per heavy atom. The molecule has 4 rings (SSSR count). The van der Waals surface area contributed by atoms with Crippen molar-refractivity contribution in [3.63, 3.8) is 0 Å². The van der Waals surface area contributed by atoms with E-state index in [4.69, 9.17) is 0 Å². The van der Waals surface area contributed by atoms with Gasteiger partial charge in [-0.25, -0.2) is 4.98 Å². The summed E-state index contributed by atoms with van der Waals surface area (Å²) in [7, 11) is 1.84. The number of pyridine rings is 1. The second-order valence-electron chi connectivity index (χ2n) is 6.71. The molecular formula is C20H25N7S. The van der Waals surface area contributed by atoms with Crippen LogP contribution in [0.3, 0.4) is 0 Å². The number of para-hydroxylation sites is 1. The Morgan fingerprint density at radius 3 is 2.75 bits per heavy atom. The normalized spacial score (nSPS) is 15.3. The summed E-state index contributed by atoms with van der Waals surface area (Å²) in [5, 5.41) is 5.73. The van der Waals surface area contributed by atoms with Crippen molar-refractivity contribution >= 4 is 33.5 Å². The second-order valence-corrected chi connectivity index (χ2v) is 7.44. The average Bonchev–Trinajstić information content (AvgIpc) is 3.24. The van der Waals surface area contributed by atoms with Crippen molar-refractivity contribution in [2.75, 3.05) is 38.1 Å². The number of nitrogens with one attached hydrogen (secondary N) is 1. The van der Waals surface area contributed by atoms with Gasteiger partial charge < -0.3 is 15.1 Å². The molecule has 0 amide bonds. The van der Waals surface area contributed by atoms with Crippen molar-refractivity contribution in [3.8, 4) is 0 Å². The Bertz CT molecular complexity index is 955. The fourth-order valence-corrected chi connectivity index (χ4v) is 4.24. The Kier molecular flexibility index (Phi) is 5.66. The largest absolute Gasteiger partial charge is 0.352 e. The van der Waals surface area contributed by atoms with Gasteiger partial charge in [0.2, 0.25) is 5.13 Å². The van der Waals surface area contributed by atoms with Crippen LogP contribution in [-0.4, -0.2) is 58.4 Å². The van der Waals surface area contributed by atoms with E-state index in [0.29, 0.717) is 0 Å². The lowest BCUT2D eigenvalue weighted by Gasteiger charge is -2.36. The standard InChI is InChI=1S/C20H25N7S/c1-3-18-24-20(28-25-18)27-12-10-26(11-13-27)19(21-2)23-14-15-8-9-22-17-7-5-4-6-16(15)17/h4-9H,3,10-14H2,1-2H3,(H,21,23). The van der Waals surface area contributed by atoms with E-state index in [0.717, 1.165) is 61.6 Å². The molecule has 0 unspecified atom stereocenters. The molecule has 0 aliphatic carbocycles. The van der Waals surface area contributed by atoms with Crippen molar-refractivity contribution in [2.45, 2.75) is 19.9 Å². The van der Waals surface area contributed by atoms with Crippen molar-refractivity contribution in [2.24, 2.45) is 4.99 Å². The van der Waals surface area contributed by atoms with Crippen molar-refractivity contribution in [1.82, 2.24) is 24.6 Å². The van der Waals surface area contributed by atoms with E-state index in [1.54, 1.807) is 0 Å². The summed E-state index contributed by atoms with van der Waals surface area (Å²) in [5.41, 5.74) is 2.25. The Balaban J connectivity index is 1.37. The van der Waals surface area contributed by atoms with Gasteiger partial charge in [-0.05, 0) is 17.7 Å². The highest BCUT2D eigenvalue weighted by Crippen LogP contribution is 2.20. The zero-order valence-corrected chi connectivity index (χ0v) is 17.1. The minimum atomic E-state index is 0.728. The molecule has 2 aromatic heterocycles. The summed E-state index contributed by atoms with van der Waals surface area (Å²) in [6.45, 7) is 6.50. The van der Waals surface area contributed by atoms with Gasteiger partial charge >= 0.3 is 0 Å². The smallest absolute Gasteiger partial charge is 0.205 e. The number of guanidine groups is 1. The van der Waals surface area contributed by atoms with Gasteiger partial charge in [-0.2, -0.15) is 4.37 Å². The quantitative estimate of drug-likeness (QED) is 0.541. The zero-order chi connectivity index (χ0) is 19.3. The van der Waals surface area contributed by atoms with Crippen LogP contribution in [0.4, 0.5) is 5.13 Å². The average molecular weight is 396 g/mol.